The third kappa shape index (κ3) is 3.19. The highest BCUT2D eigenvalue weighted by Gasteiger charge is 2.35. The van der Waals surface area contributed by atoms with E-state index in [1.165, 1.54) is 30.2 Å². The Morgan fingerprint density at radius 2 is 1.93 bits per heavy atom. The number of anilines is 1. The van der Waals surface area contributed by atoms with E-state index in [0.717, 1.165) is 12.1 Å². The van der Waals surface area contributed by atoms with Crippen LogP contribution in [0.25, 0.3) is 11.4 Å². The van der Waals surface area contributed by atoms with Gasteiger partial charge >= 0.3 is 0 Å². The summed E-state index contributed by atoms with van der Waals surface area (Å²) in [5.41, 5.74) is 0.651. The van der Waals surface area contributed by atoms with Crippen LogP contribution in [0, 0.1) is 17.5 Å². The standard InChI is InChI=1S/C19H14F3N3O3/c1-27-16-5-2-10(6-15(16)22)18-23-19(28-24-18)11-7-17(26)25(9-11)12-3-4-13(20)14(21)8-12/h2-6,8,11H,7,9H2,1H3. The third-order valence-electron chi connectivity index (χ3n) is 4.54. The zero-order valence-electron chi connectivity index (χ0n) is 14.7. The molecule has 9 heteroatoms. The molecule has 1 saturated heterocycles. The molecule has 1 unspecified atom stereocenters. The molecule has 3 aromatic rings. The van der Waals surface area contributed by atoms with E-state index in [1.807, 2.05) is 0 Å². The van der Waals surface area contributed by atoms with Gasteiger partial charge in [-0.2, -0.15) is 4.98 Å². The van der Waals surface area contributed by atoms with Crippen LogP contribution in [0.2, 0.25) is 0 Å². The summed E-state index contributed by atoms with van der Waals surface area (Å²) >= 11 is 0. The van der Waals surface area contributed by atoms with Crippen LogP contribution in [0.15, 0.2) is 40.9 Å². The first-order chi connectivity index (χ1) is 13.5. The second-order valence-electron chi connectivity index (χ2n) is 6.31. The number of amides is 1. The van der Waals surface area contributed by atoms with Gasteiger partial charge in [-0.3, -0.25) is 4.79 Å². The van der Waals surface area contributed by atoms with E-state index in [2.05, 4.69) is 10.1 Å². The predicted octanol–water partition coefficient (Wildman–Crippen LogP) is 3.68. The summed E-state index contributed by atoms with van der Waals surface area (Å²) in [4.78, 5) is 17.9. The first-order valence-electron chi connectivity index (χ1n) is 8.39. The zero-order chi connectivity index (χ0) is 19.8. The van der Waals surface area contributed by atoms with E-state index >= 15 is 0 Å². The van der Waals surface area contributed by atoms with Crippen LogP contribution in [0.4, 0.5) is 18.9 Å². The van der Waals surface area contributed by atoms with Crippen LogP contribution in [-0.2, 0) is 4.79 Å². The molecule has 0 N–H and O–H groups in total. The number of carbonyl (C=O) groups is 1. The van der Waals surface area contributed by atoms with Gasteiger partial charge in [0.1, 0.15) is 0 Å². The van der Waals surface area contributed by atoms with Crippen molar-refractivity contribution in [1.82, 2.24) is 10.1 Å². The van der Waals surface area contributed by atoms with Crippen molar-refractivity contribution in [2.75, 3.05) is 18.6 Å². The molecule has 2 heterocycles. The average Bonchev–Trinajstić information content (AvgIpc) is 3.31. The summed E-state index contributed by atoms with van der Waals surface area (Å²) < 4.78 is 50.6. The highest BCUT2D eigenvalue weighted by Crippen LogP contribution is 2.33. The van der Waals surface area contributed by atoms with Gasteiger partial charge in [0.15, 0.2) is 23.2 Å². The lowest BCUT2D eigenvalue weighted by Crippen LogP contribution is -2.24. The number of methoxy groups -OCH3 is 1. The van der Waals surface area contributed by atoms with Crippen molar-refractivity contribution in [3.8, 4) is 17.1 Å². The fraction of sp³-hybridized carbons (Fsp3) is 0.211. The number of hydrogen-bond donors (Lipinski definition) is 0. The van der Waals surface area contributed by atoms with E-state index in [4.69, 9.17) is 9.26 Å². The Morgan fingerprint density at radius 3 is 2.64 bits per heavy atom. The van der Waals surface area contributed by atoms with Crippen molar-refractivity contribution in [2.45, 2.75) is 12.3 Å². The molecular weight excluding hydrogens is 375 g/mol. The molecule has 1 amide bonds. The van der Waals surface area contributed by atoms with Gasteiger partial charge in [0.05, 0.1) is 13.0 Å². The second-order valence-corrected chi connectivity index (χ2v) is 6.31. The molecule has 28 heavy (non-hydrogen) atoms. The highest BCUT2D eigenvalue weighted by molar-refractivity contribution is 5.96. The van der Waals surface area contributed by atoms with Crippen LogP contribution in [0.5, 0.6) is 5.75 Å². The lowest BCUT2D eigenvalue weighted by molar-refractivity contribution is -0.117. The Labute approximate surface area is 157 Å². The van der Waals surface area contributed by atoms with Gasteiger partial charge < -0.3 is 14.2 Å². The van der Waals surface area contributed by atoms with Crippen LogP contribution >= 0.6 is 0 Å². The molecule has 1 aliphatic heterocycles. The van der Waals surface area contributed by atoms with Gasteiger partial charge in [-0.15, -0.1) is 0 Å². The fourth-order valence-electron chi connectivity index (χ4n) is 3.10. The van der Waals surface area contributed by atoms with Crippen molar-refractivity contribution >= 4 is 11.6 Å². The van der Waals surface area contributed by atoms with Crippen molar-refractivity contribution in [2.24, 2.45) is 0 Å². The lowest BCUT2D eigenvalue weighted by Gasteiger charge is -2.16. The third-order valence-corrected chi connectivity index (χ3v) is 4.54. The first kappa shape index (κ1) is 18.0. The molecule has 0 aliphatic carbocycles. The fourth-order valence-corrected chi connectivity index (χ4v) is 3.10. The van der Waals surface area contributed by atoms with Crippen LogP contribution in [0.1, 0.15) is 18.2 Å². The molecule has 0 spiro atoms. The summed E-state index contributed by atoms with van der Waals surface area (Å²) in [5.74, 6) is -2.78. The zero-order valence-corrected chi connectivity index (χ0v) is 14.7. The van der Waals surface area contributed by atoms with Crippen LogP contribution < -0.4 is 9.64 Å². The number of hydrogen-bond acceptors (Lipinski definition) is 5. The van der Waals surface area contributed by atoms with Crippen LogP contribution in [0.3, 0.4) is 0 Å². The van der Waals surface area contributed by atoms with E-state index < -0.39 is 23.4 Å². The van der Waals surface area contributed by atoms with Gasteiger partial charge in [-0.1, -0.05) is 5.16 Å². The minimum Gasteiger partial charge on any atom is -0.494 e. The van der Waals surface area contributed by atoms with Gasteiger partial charge in [0.25, 0.3) is 0 Å². The van der Waals surface area contributed by atoms with Crippen molar-refractivity contribution in [3.63, 3.8) is 0 Å². The Hall–Kier alpha value is -3.36. The number of rotatable bonds is 4. The number of carbonyl (C=O) groups excluding carboxylic acids is 1. The molecule has 2 aromatic carbocycles. The molecule has 0 radical (unpaired) electrons. The molecule has 1 aliphatic rings. The molecule has 1 atom stereocenters. The lowest BCUT2D eigenvalue weighted by atomic mass is 10.1. The summed E-state index contributed by atoms with van der Waals surface area (Å²) in [7, 11) is 1.36. The highest BCUT2D eigenvalue weighted by atomic mass is 19.2. The van der Waals surface area contributed by atoms with E-state index in [-0.39, 0.29) is 42.0 Å². The number of aromatic nitrogens is 2. The van der Waals surface area contributed by atoms with E-state index in [0.29, 0.717) is 5.56 Å². The van der Waals surface area contributed by atoms with Crippen molar-refractivity contribution in [3.05, 3.63) is 59.7 Å². The minimum atomic E-state index is -1.03. The van der Waals surface area contributed by atoms with Gasteiger partial charge in [0.2, 0.25) is 17.6 Å². The summed E-state index contributed by atoms with van der Waals surface area (Å²) in [6.45, 7) is 0.183. The van der Waals surface area contributed by atoms with E-state index in [9.17, 15) is 18.0 Å². The molecule has 6 nitrogen and oxygen atoms in total. The Kier molecular flexibility index (Phi) is 4.50. The average molecular weight is 389 g/mol. The maximum absolute atomic E-state index is 13.9. The SMILES string of the molecule is COc1ccc(-c2noc(C3CC(=O)N(c4ccc(F)c(F)c4)C3)n2)cc1F. The smallest absolute Gasteiger partial charge is 0.232 e. The Bertz CT molecular complexity index is 1050. The monoisotopic (exact) mass is 389 g/mol. The van der Waals surface area contributed by atoms with E-state index in [1.54, 1.807) is 6.07 Å². The van der Waals surface area contributed by atoms with Crippen LogP contribution in [-0.4, -0.2) is 29.7 Å². The molecule has 0 saturated carbocycles. The first-order valence-corrected chi connectivity index (χ1v) is 8.39. The molecule has 1 fully saturated rings. The topological polar surface area (TPSA) is 68.5 Å². The quantitative estimate of drug-likeness (QED) is 0.681. The normalized spacial score (nSPS) is 16.6. The maximum atomic E-state index is 13.9. The second kappa shape index (κ2) is 6.99. The summed E-state index contributed by atoms with van der Waals surface area (Å²) in [6, 6.07) is 7.52. The number of nitrogens with zero attached hydrogens (tertiary/aromatic N) is 3. The van der Waals surface area contributed by atoms with Gasteiger partial charge in [-0.25, -0.2) is 13.2 Å². The van der Waals surface area contributed by atoms with Crippen molar-refractivity contribution in [1.29, 1.82) is 0 Å². The summed E-state index contributed by atoms with van der Waals surface area (Å²) in [5, 5.41) is 3.84. The van der Waals surface area contributed by atoms with Gasteiger partial charge in [-0.05, 0) is 30.3 Å². The van der Waals surface area contributed by atoms with Crippen molar-refractivity contribution < 1.29 is 27.2 Å². The molecule has 4 rings (SSSR count). The largest absolute Gasteiger partial charge is 0.494 e. The molecular formula is C19H14F3N3O3. The number of benzene rings is 2. The number of halogens is 3. The Morgan fingerprint density at radius 1 is 1.11 bits per heavy atom. The maximum Gasteiger partial charge on any atom is 0.232 e. The number of ether oxygens (including phenoxy) is 1. The predicted molar refractivity (Wildman–Crippen MR) is 92.3 cm³/mol. The molecule has 1 aromatic heterocycles. The minimum absolute atomic E-state index is 0.0810. The molecule has 0 bridgehead atoms. The Balaban J connectivity index is 1.55. The van der Waals surface area contributed by atoms with Gasteiger partial charge in [0, 0.05) is 30.3 Å². The molecule has 144 valence electrons. The summed E-state index contributed by atoms with van der Waals surface area (Å²) in [6.07, 6.45) is 0.0810.